The SMILES string of the molecule is CC1CCCCN1S(=O)(=O)Nc1cccc(F)c1CN. The van der Waals surface area contributed by atoms with Gasteiger partial charge in [0, 0.05) is 24.7 Å². The summed E-state index contributed by atoms with van der Waals surface area (Å²) in [7, 11) is -3.67. The van der Waals surface area contributed by atoms with Gasteiger partial charge in [-0.3, -0.25) is 4.72 Å². The molecule has 5 nitrogen and oxygen atoms in total. The van der Waals surface area contributed by atoms with Crippen LogP contribution in [-0.4, -0.2) is 25.3 Å². The molecule has 1 atom stereocenters. The molecular weight excluding hydrogens is 281 g/mol. The van der Waals surface area contributed by atoms with Crippen molar-refractivity contribution in [1.82, 2.24) is 4.31 Å². The van der Waals surface area contributed by atoms with E-state index in [1.807, 2.05) is 6.92 Å². The van der Waals surface area contributed by atoms with Gasteiger partial charge in [-0.05, 0) is 31.9 Å². The second-order valence-corrected chi connectivity index (χ2v) is 6.66. The standard InChI is InChI=1S/C13H20FN3O2S/c1-10-5-2-3-8-17(10)20(18,19)16-13-7-4-6-12(14)11(13)9-15/h4,6-7,10,16H,2-3,5,8-9,15H2,1H3. The van der Waals surface area contributed by atoms with Gasteiger partial charge in [0.15, 0.2) is 0 Å². The van der Waals surface area contributed by atoms with E-state index in [-0.39, 0.29) is 23.8 Å². The van der Waals surface area contributed by atoms with Crippen LogP contribution in [0.1, 0.15) is 31.7 Å². The Kier molecular flexibility index (Phi) is 4.62. The zero-order chi connectivity index (χ0) is 14.8. The fourth-order valence-corrected chi connectivity index (χ4v) is 4.02. The summed E-state index contributed by atoms with van der Waals surface area (Å²) in [6.45, 7) is 2.32. The maximum absolute atomic E-state index is 13.6. The Morgan fingerprint density at radius 1 is 1.45 bits per heavy atom. The Labute approximate surface area is 119 Å². The average Bonchev–Trinajstić information content (AvgIpc) is 2.39. The zero-order valence-electron chi connectivity index (χ0n) is 11.5. The monoisotopic (exact) mass is 301 g/mol. The zero-order valence-corrected chi connectivity index (χ0v) is 12.3. The number of anilines is 1. The highest BCUT2D eigenvalue weighted by Gasteiger charge is 2.30. The number of hydrogen-bond acceptors (Lipinski definition) is 3. The first-order valence-corrected chi connectivity index (χ1v) is 8.16. The van der Waals surface area contributed by atoms with Crippen molar-refractivity contribution in [2.24, 2.45) is 5.73 Å². The Balaban J connectivity index is 2.26. The Hall–Kier alpha value is -1.18. The molecule has 112 valence electrons. The topological polar surface area (TPSA) is 75.4 Å². The van der Waals surface area contributed by atoms with Crippen molar-refractivity contribution >= 4 is 15.9 Å². The quantitative estimate of drug-likeness (QED) is 0.890. The van der Waals surface area contributed by atoms with Crippen molar-refractivity contribution in [1.29, 1.82) is 0 Å². The van der Waals surface area contributed by atoms with Gasteiger partial charge in [0.1, 0.15) is 5.82 Å². The van der Waals surface area contributed by atoms with Crippen molar-refractivity contribution in [3.05, 3.63) is 29.6 Å². The molecule has 1 aliphatic rings. The molecule has 0 bridgehead atoms. The van der Waals surface area contributed by atoms with Crippen molar-refractivity contribution in [3.8, 4) is 0 Å². The number of nitrogens with two attached hydrogens (primary N) is 1. The molecule has 1 aromatic rings. The molecule has 2 rings (SSSR count). The average molecular weight is 301 g/mol. The summed E-state index contributed by atoms with van der Waals surface area (Å²) < 4.78 is 42.3. The number of nitrogens with zero attached hydrogens (tertiary/aromatic N) is 1. The third kappa shape index (κ3) is 3.11. The molecule has 0 aromatic heterocycles. The third-order valence-electron chi connectivity index (χ3n) is 3.61. The fraction of sp³-hybridized carbons (Fsp3) is 0.538. The van der Waals surface area contributed by atoms with E-state index < -0.39 is 16.0 Å². The number of nitrogens with one attached hydrogen (secondary N) is 1. The molecule has 0 radical (unpaired) electrons. The highest BCUT2D eigenvalue weighted by molar-refractivity contribution is 7.90. The summed E-state index contributed by atoms with van der Waals surface area (Å²) in [5.41, 5.74) is 5.88. The van der Waals surface area contributed by atoms with E-state index in [1.165, 1.54) is 22.5 Å². The van der Waals surface area contributed by atoms with Crippen LogP contribution in [0.5, 0.6) is 0 Å². The lowest BCUT2D eigenvalue weighted by molar-refractivity contribution is 0.270. The Morgan fingerprint density at radius 3 is 2.85 bits per heavy atom. The molecule has 1 unspecified atom stereocenters. The van der Waals surface area contributed by atoms with Crippen LogP contribution in [0.15, 0.2) is 18.2 Å². The van der Waals surface area contributed by atoms with Gasteiger partial charge in [0.05, 0.1) is 5.69 Å². The van der Waals surface area contributed by atoms with Crippen molar-refractivity contribution in [2.45, 2.75) is 38.8 Å². The van der Waals surface area contributed by atoms with Gasteiger partial charge in [0.25, 0.3) is 0 Å². The minimum atomic E-state index is -3.67. The lowest BCUT2D eigenvalue weighted by atomic mass is 10.1. The molecule has 0 aliphatic carbocycles. The summed E-state index contributed by atoms with van der Waals surface area (Å²) in [6, 6.07) is 4.21. The smallest absolute Gasteiger partial charge is 0.301 e. The molecule has 1 fully saturated rings. The van der Waals surface area contributed by atoms with Crippen LogP contribution in [0, 0.1) is 5.82 Å². The van der Waals surface area contributed by atoms with Crippen LogP contribution in [0.3, 0.4) is 0 Å². The number of halogens is 1. The Morgan fingerprint density at radius 2 is 2.20 bits per heavy atom. The first-order valence-electron chi connectivity index (χ1n) is 6.72. The summed E-state index contributed by atoms with van der Waals surface area (Å²) in [4.78, 5) is 0. The second kappa shape index (κ2) is 6.07. The first kappa shape index (κ1) is 15.2. The van der Waals surface area contributed by atoms with Gasteiger partial charge in [0.2, 0.25) is 0 Å². The summed E-state index contributed by atoms with van der Waals surface area (Å²) in [5.74, 6) is -0.501. The highest BCUT2D eigenvalue weighted by Crippen LogP contribution is 2.24. The Bertz CT molecular complexity index is 577. The minimum Gasteiger partial charge on any atom is -0.326 e. The van der Waals surface area contributed by atoms with E-state index in [4.69, 9.17) is 5.73 Å². The lowest BCUT2D eigenvalue weighted by Gasteiger charge is -2.32. The van der Waals surface area contributed by atoms with Crippen LogP contribution in [0.4, 0.5) is 10.1 Å². The molecule has 1 heterocycles. The molecule has 20 heavy (non-hydrogen) atoms. The maximum Gasteiger partial charge on any atom is 0.301 e. The summed E-state index contributed by atoms with van der Waals surface area (Å²) in [6.07, 6.45) is 2.72. The predicted octanol–water partition coefficient (Wildman–Crippen LogP) is 1.82. The van der Waals surface area contributed by atoms with E-state index >= 15 is 0 Å². The lowest BCUT2D eigenvalue weighted by Crippen LogP contribution is -2.45. The normalized spacial score (nSPS) is 20.9. The number of benzene rings is 1. The summed E-state index contributed by atoms with van der Waals surface area (Å²) in [5, 5.41) is 0. The third-order valence-corrected chi connectivity index (χ3v) is 5.25. The van der Waals surface area contributed by atoms with Crippen LogP contribution in [0.25, 0.3) is 0 Å². The van der Waals surface area contributed by atoms with Gasteiger partial charge in [-0.2, -0.15) is 12.7 Å². The van der Waals surface area contributed by atoms with Gasteiger partial charge < -0.3 is 5.73 Å². The van der Waals surface area contributed by atoms with Gasteiger partial charge in [-0.25, -0.2) is 4.39 Å². The largest absolute Gasteiger partial charge is 0.326 e. The van der Waals surface area contributed by atoms with E-state index in [1.54, 1.807) is 0 Å². The number of hydrogen-bond donors (Lipinski definition) is 2. The molecule has 0 amide bonds. The van der Waals surface area contributed by atoms with E-state index in [9.17, 15) is 12.8 Å². The molecular formula is C13H20FN3O2S. The fourth-order valence-electron chi connectivity index (χ4n) is 2.49. The van der Waals surface area contributed by atoms with Crippen molar-refractivity contribution < 1.29 is 12.8 Å². The molecule has 0 spiro atoms. The maximum atomic E-state index is 13.6. The van der Waals surface area contributed by atoms with Crippen LogP contribution < -0.4 is 10.5 Å². The van der Waals surface area contributed by atoms with Crippen LogP contribution in [-0.2, 0) is 16.8 Å². The minimum absolute atomic E-state index is 0.0452. The van der Waals surface area contributed by atoms with Gasteiger partial charge in [-0.15, -0.1) is 0 Å². The van der Waals surface area contributed by atoms with E-state index in [0.717, 1.165) is 19.3 Å². The van der Waals surface area contributed by atoms with Crippen LogP contribution in [0.2, 0.25) is 0 Å². The molecule has 1 saturated heterocycles. The molecule has 7 heteroatoms. The van der Waals surface area contributed by atoms with E-state index in [0.29, 0.717) is 6.54 Å². The number of piperidine rings is 1. The second-order valence-electron chi connectivity index (χ2n) is 5.03. The van der Waals surface area contributed by atoms with Crippen molar-refractivity contribution in [3.63, 3.8) is 0 Å². The predicted molar refractivity (Wildman–Crippen MR) is 76.9 cm³/mol. The number of rotatable bonds is 4. The van der Waals surface area contributed by atoms with Crippen molar-refractivity contribution in [2.75, 3.05) is 11.3 Å². The molecule has 3 N–H and O–H groups in total. The van der Waals surface area contributed by atoms with Crippen LogP contribution >= 0.6 is 0 Å². The first-order chi connectivity index (χ1) is 9.45. The van der Waals surface area contributed by atoms with Gasteiger partial charge >= 0.3 is 10.2 Å². The molecule has 1 aliphatic heterocycles. The van der Waals surface area contributed by atoms with E-state index in [2.05, 4.69) is 4.72 Å². The highest BCUT2D eigenvalue weighted by atomic mass is 32.2. The van der Waals surface area contributed by atoms with Gasteiger partial charge in [-0.1, -0.05) is 12.5 Å². The molecule has 0 saturated carbocycles. The summed E-state index contributed by atoms with van der Waals surface area (Å²) >= 11 is 0. The molecule has 1 aromatic carbocycles.